The molecule has 8 atom stereocenters. The van der Waals surface area contributed by atoms with Crippen LogP contribution in [-0.4, -0.2) is 24.7 Å². The van der Waals surface area contributed by atoms with Crippen molar-refractivity contribution in [1.82, 2.24) is 0 Å². The zero-order chi connectivity index (χ0) is 11.2. The molecule has 1 heterocycles. The van der Waals surface area contributed by atoms with Gasteiger partial charge in [-0.2, -0.15) is 0 Å². The van der Waals surface area contributed by atoms with Crippen LogP contribution >= 0.6 is 0 Å². The van der Waals surface area contributed by atoms with Crippen molar-refractivity contribution in [3.8, 4) is 0 Å². The highest BCUT2D eigenvalue weighted by Gasteiger charge is 2.86. The van der Waals surface area contributed by atoms with Crippen LogP contribution < -0.4 is 0 Å². The number of hydrogen-bond acceptors (Lipinski definition) is 3. The van der Waals surface area contributed by atoms with Crippen molar-refractivity contribution in [3.05, 3.63) is 0 Å². The summed E-state index contributed by atoms with van der Waals surface area (Å²) in [5, 5.41) is -3.23. The highest BCUT2D eigenvalue weighted by molar-refractivity contribution is 7.93. The fraction of sp³-hybridized carbons (Fsp3) is 0.900. The van der Waals surface area contributed by atoms with Crippen LogP contribution in [0, 0.1) is 35.5 Å². The molecule has 4 heteroatoms. The summed E-state index contributed by atoms with van der Waals surface area (Å²) in [6, 6.07) is 0. The van der Waals surface area contributed by atoms with E-state index in [-0.39, 0.29) is 29.5 Å². The third kappa shape index (κ3) is 0.369. The zero-order valence-corrected chi connectivity index (χ0v) is 8.12. The van der Waals surface area contributed by atoms with Crippen LogP contribution in [0.15, 0.2) is 0 Å². The lowest BCUT2D eigenvalue weighted by atomic mass is 9.64. The van der Waals surface area contributed by atoms with Crippen LogP contribution in [0.3, 0.4) is 0 Å². The maximum atomic E-state index is 12.4. The number of ketones is 1. The minimum absolute atomic E-state index is 0.0777. The van der Waals surface area contributed by atoms with Crippen molar-refractivity contribution in [2.75, 3.05) is 0 Å². The Labute approximate surface area is 84.6 Å². The average molecular weight is 212 g/mol. The van der Waals surface area contributed by atoms with E-state index in [1.54, 1.807) is 0 Å². The molecular weight excluding hydrogens is 200 g/mol. The van der Waals surface area contributed by atoms with Crippen molar-refractivity contribution in [2.24, 2.45) is 35.5 Å². The average Bonchev–Trinajstić information content (AvgIpc) is 2.70. The molecule has 0 amide bonds. The van der Waals surface area contributed by atoms with Gasteiger partial charge in [-0.3, -0.25) is 4.79 Å². The SMILES string of the molecule is [2H]C12C3CC4C5C(C(=O)C41)C([2H])(C53)S2(=O)=O. The van der Waals surface area contributed by atoms with Gasteiger partial charge < -0.3 is 0 Å². The second-order valence-corrected chi connectivity index (χ2v) is 7.22. The van der Waals surface area contributed by atoms with Gasteiger partial charge in [0.05, 0.1) is 10.5 Å². The Morgan fingerprint density at radius 1 is 1.14 bits per heavy atom. The van der Waals surface area contributed by atoms with Crippen molar-refractivity contribution in [2.45, 2.75) is 16.9 Å². The molecule has 3 nitrogen and oxygen atoms in total. The molecule has 5 fully saturated rings. The molecule has 74 valence electrons. The highest BCUT2D eigenvalue weighted by atomic mass is 32.2. The monoisotopic (exact) mass is 212 g/mol. The van der Waals surface area contributed by atoms with Crippen molar-refractivity contribution in [3.63, 3.8) is 0 Å². The second-order valence-electron chi connectivity index (χ2n) is 5.28. The van der Waals surface area contributed by atoms with E-state index in [1.165, 1.54) is 0 Å². The van der Waals surface area contributed by atoms with Gasteiger partial charge in [0.15, 0.2) is 9.84 Å². The van der Waals surface area contributed by atoms with Gasteiger partial charge in [0.25, 0.3) is 0 Å². The number of rotatable bonds is 0. The van der Waals surface area contributed by atoms with E-state index >= 15 is 0 Å². The summed E-state index contributed by atoms with van der Waals surface area (Å²) in [6.45, 7) is 0. The molecule has 5 aliphatic rings. The molecule has 0 aromatic carbocycles. The molecule has 0 aromatic heterocycles. The fourth-order valence-corrected chi connectivity index (χ4v) is 7.90. The van der Waals surface area contributed by atoms with E-state index in [0.29, 0.717) is 6.42 Å². The second kappa shape index (κ2) is 1.51. The van der Waals surface area contributed by atoms with E-state index in [9.17, 15) is 13.2 Å². The van der Waals surface area contributed by atoms with Gasteiger partial charge in [0.2, 0.25) is 0 Å². The minimum Gasteiger partial charge on any atom is -0.299 e. The van der Waals surface area contributed by atoms with E-state index in [0.717, 1.165) is 0 Å². The van der Waals surface area contributed by atoms with Crippen LogP contribution in [0.2, 0.25) is 0 Å². The minimum atomic E-state index is -3.76. The Kier molecular flexibility index (Phi) is 0.607. The third-order valence-electron chi connectivity index (χ3n) is 5.22. The number of carbonyl (C=O) groups is 1. The van der Waals surface area contributed by atoms with Gasteiger partial charge in [-0.05, 0) is 30.1 Å². The van der Waals surface area contributed by atoms with Crippen LogP contribution in [0.4, 0.5) is 0 Å². The zero-order valence-electron chi connectivity index (χ0n) is 9.30. The Morgan fingerprint density at radius 2 is 1.93 bits per heavy atom. The van der Waals surface area contributed by atoms with Crippen LogP contribution in [0.1, 0.15) is 9.16 Å². The normalized spacial score (nSPS) is 85.9. The lowest BCUT2D eigenvalue weighted by Crippen LogP contribution is -2.52. The van der Waals surface area contributed by atoms with E-state index in [1.807, 2.05) is 0 Å². The molecule has 2 bridgehead atoms. The van der Waals surface area contributed by atoms with Gasteiger partial charge in [-0.15, -0.1) is 0 Å². The summed E-state index contributed by atoms with van der Waals surface area (Å²) in [5.41, 5.74) is 0. The predicted octanol–water partition coefficient (Wildman–Crippen LogP) is -0.137. The summed E-state index contributed by atoms with van der Waals surface area (Å²) < 4.78 is 41.2. The molecule has 8 unspecified atom stereocenters. The molecule has 4 saturated carbocycles. The van der Waals surface area contributed by atoms with Crippen molar-refractivity contribution < 1.29 is 16.0 Å². The summed E-state index contributed by atoms with van der Waals surface area (Å²) in [7, 11) is -3.76. The lowest BCUT2D eigenvalue weighted by molar-refractivity contribution is -0.126. The maximum Gasteiger partial charge on any atom is 0.158 e. The predicted molar refractivity (Wildman–Crippen MR) is 47.1 cm³/mol. The molecule has 1 aliphatic heterocycles. The third-order valence-corrected chi connectivity index (χ3v) is 7.55. The largest absolute Gasteiger partial charge is 0.299 e. The number of Topliss-reactive ketones (excluding diaryl/α,β-unsaturated/α-hetero) is 1. The van der Waals surface area contributed by atoms with Crippen molar-refractivity contribution >= 4 is 15.6 Å². The fourth-order valence-electron chi connectivity index (χ4n) is 5.07. The van der Waals surface area contributed by atoms with Gasteiger partial charge in [0.1, 0.15) is 5.78 Å². The summed E-state index contributed by atoms with van der Waals surface area (Å²) >= 11 is 0. The molecular formula is C10H10O3S. The molecule has 0 aromatic rings. The number of sulfone groups is 1. The van der Waals surface area contributed by atoms with E-state index < -0.39 is 32.1 Å². The van der Waals surface area contributed by atoms with Gasteiger partial charge in [0, 0.05) is 14.6 Å². The van der Waals surface area contributed by atoms with Crippen molar-refractivity contribution in [1.29, 1.82) is 0 Å². The first-order valence-electron chi connectivity index (χ1n) is 6.16. The topological polar surface area (TPSA) is 51.2 Å². The Bertz CT molecular complexity index is 587. The van der Waals surface area contributed by atoms with Crippen LogP contribution in [0.5, 0.6) is 0 Å². The molecule has 1 saturated heterocycles. The summed E-state index contributed by atoms with van der Waals surface area (Å²) in [5.74, 6) is -1.42. The smallest absolute Gasteiger partial charge is 0.158 e. The first-order valence-corrected chi connectivity index (χ1v) is 6.64. The van der Waals surface area contributed by atoms with Crippen LogP contribution in [-0.2, 0) is 14.6 Å². The molecule has 14 heavy (non-hydrogen) atoms. The first-order chi connectivity index (χ1) is 7.38. The summed E-state index contributed by atoms with van der Waals surface area (Å²) in [4.78, 5) is 12.1. The molecule has 0 N–H and O–H groups in total. The van der Waals surface area contributed by atoms with E-state index in [2.05, 4.69) is 0 Å². The number of hydrogen-bond donors (Lipinski definition) is 0. The van der Waals surface area contributed by atoms with Gasteiger partial charge >= 0.3 is 0 Å². The van der Waals surface area contributed by atoms with Gasteiger partial charge in [-0.25, -0.2) is 8.42 Å². The number of carbonyl (C=O) groups excluding carboxylic acids is 1. The Balaban J connectivity index is 2.00. The first kappa shape index (κ1) is 5.64. The van der Waals surface area contributed by atoms with Gasteiger partial charge in [-0.1, -0.05) is 0 Å². The molecule has 0 spiro atoms. The molecule has 4 aliphatic carbocycles. The quantitative estimate of drug-likeness (QED) is 0.561. The lowest BCUT2D eigenvalue weighted by Gasteiger charge is -2.42. The van der Waals surface area contributed by atoms with Crippen LogP contribution in [0.25, 0.3) is 0 Å². The van der Waals surface area contributed by atoms with E-state index in [4.69, 9.17) is 2.74 Å². The Hall–Kier alpha value is -0.380. The number of fused-ring (bicyclic) bond motifs is 2. The maximum absolute atomic E-state index is 12.4. The molecule has 5 rings (SSSR count). The Morgan fingerprint density at radius 3 is 2.71 bits per heavy atom. The standard InChI is InChI=1S/C10H10O3S/c11-8-6-2-1-3-5-4(2)7(8)10(5)14(12,13)9(3)6/h2-7,9-10H,1H2/i9D,10D. The molecule has 0 radical (unpaired) electrons. The highest BCUT2D eigenvalue weighted by Crippen LogP contribution is 2.78. The summed E-state index contributed by atoms with van der Waals surface area (Å²) in [6.07, 6.45) is 0.700.